The first-order valence-corrected chi connectivity index (χ1v) is 5.96. The maximum absolute atomic E-state index is 5.38. The van der Waals surface area contributed by atoms with E-state index in [9.17, 15) is 0 Å². The van der Waals surface area contributed by atoms with E-state index in [4.69, 9.17) is 9.47 Å². The summed E-state index contributed by atoms with van der Waals surface area (Å²) in [4.78, 5) is 0. The highest BCUT2D eigenvalue weighted by molar-refractivity contribution is 9.10. The Morgan fingerprint density at radius 3 is 2.80 bits per heavy atom. The average molecular weight is 270 g/mol. The standard InChI is InChI=1S/C11H12BrNO2/c12-8-5-11-10(14-6-15-11)4-7(8)9-2-1-3-13-9/h4-5,9,13H,1-3,6H2. The molecule has 1 aromatic rings. The van der Waals surface area contributed by atoms with Gasteiger partial charge in [0, 0.05) is 10.5 Å². The van der Waals surface area contributed by atoms with Crippen LogP contribution in [0.4, 0.5) is 0 Å². The summed E-state index contributed by atoms with van der Waals surface area (Å²) in [6.45, 7) is 1.44. The number of nitrogens with one attached hydrogen (secondary N) is 1. The number of rotatable bonds is 1. The third kappa shape index (κ3) is 1.62. The van der Waals surface area contributed by atoms with Crippen molar-refractivity contribution in [2.45, 2.75) is 18.9 Å². The van der Waals surface area contributed by atoms with Gasteiger partial charge in [0.25, 0.3) is 0 Å². The van der Waals surface area contributed by atoms with Crippen molar-refractivity contribution in [3.05, 3.63) is 22.2 Å². The van der Waals surface area contributed by atoms with E-state index in [-0.39, 0.29) is 0 Å². The number of ether oxygens (including phenoxy) is 2. The van der Waals surface area contributed by atoms with Gasteiger partial charge in [-0.05, 0) is 37.1 Å². The molecule has 1 N–H and O–H groups in total. The smallest absolute Gasteiger partial charge is 0.231 e. The quantitative estimate of drug-likeness (QED) is 0.850. The van der Waals surface area contributed by atoms with E-state index >= 15 is 0 Å². The molecule has 1 fully saturated rings. The molecule has 0 spiro atoms. The van der Waals surface area contributed by atoms with Gasteiger partial charge in [-0.25, -0.2) is 0 Å². The normalized spacial score (nSPS) is 23.4. The molecule has 1 atom stereocenters. The van der Waals surface area contributed by atoms with Crippen molar-refractivity contribution in [1.29, 1.82) is 0 Å². The van der Waals surface area contributed by atoms with Gasteiger partial charge in [0.05, 0.1) is 0 Å². The van der Waals surface area contributed by atoms with Crippen LogP contribution in [0.1, 0.15) is 24.4 Å². The van der Waals surface area contributed by atoms with Gasteiger partial charge < -0.3 is 14.8 Å². The summed E-state index contributed by atoms with van der Waals surface area (Å²) in [5.41, 5.74) is 1.27. The average Bonchev–Trinajstić information content (AvgIpc) is 2.85. The Bertz CT molecular complexity index is 388. The second-order valence-electron chi connectivity index (χ2n) is 3.88. The molecule has 4 heteroatoms. The minimum atomic E-state index is 0.337. The SMILES string of the molecule is Brc1cc2c(cc1C1CCCN1)OCO2. The van der Waals surface area contributed by atoms with Gasteiger partial charge in [-0.2, -0.15) is 0 Å². The lowest BCUT2D eigenvalue weighted by Gasteiger charge is -2.13. The molecule has 2 aliphatic heterocycles. The number of halogens is 1. The van der Waals surface area contributed by atoms with Crippen molar-refractivity contribution in [3.8, 4) is 11.5 Å². The summed E-state index contributed by atoms with van der Waals surface area (Å²) >= 11 is 3.58. The van der Waals surface area contributed by atoms with Crippen molar-refractivity contribution < 1.29 is 9.47 Å². The molecule has 0 radical (unpaired) electrons. The molecular formula is C11H12BrNO2. The van der Waals surface area contributed by atoms with Gasteiger partial charge in [0.15, 0.2) is 11.5 Å². The van der Waals surface area contributed by atoms with E-state index < -0.39 is 0 Å². The molecule has 1 saturated heterocycles. The highest BCUT2D eigenvalue weighted by Crippen LogP contribution is 2.40. The summed E-state index contributed by atoms with van der Waals surface area (Å²) in [6, 6.07) is 4.53. The monoisotopic (exact) mass is 269 g/mol. The Kier molecular flexibility index (Phi) is 2.33. The second-order valence-corrected chi connectivity index (χ2v) is 4.73. The highest BCUT2D eigenvalue weighted by Gasteiger charge is 2.23. The van der Waals surface area contributed by atoms with Gasteiger partial charge in [0.1, 0.15) is 0 Å². The fourth-order valence-corrected chi connectivity index (χ4v) is 2.75. The lowest BCUT2D eigenvalue weighted by Crippen LogP contribution is -2.13. The van der Waals surface area contributed by atoms with Crippen LogP contribution in [0.3, 0.4) is 0 Å². The van der Waals surface area contributed by atoms with E-state index in [0.29, 0.717) is 12.8 Å². The van der Waals surface area contributed by atoms with Gasteiger partial charge in [0.2, 0.25) is 6.79 Å². The van der Waals surface area contributed by atoms with Crippen molar-refractivity contribution in [1.82, 2.24) is 5.32 Å². The molecule has 3 rings (SSSR count). The van der Waals surface area contributed by atoms with E-state index in [0.717, 1.165) is 22.5 Å². The van der Waals surface area contributed by atoms with Crippen LogP contribution < -0.4 is 14.8 Å². The fraction of sp³-hybridized carbons (Fsp3) is 0.455. The Morgan fingerprint density at radius 2 is 2.07 bits per heavy atom. The molecule has 80 valence electrons. The zero-order valence-electron chi connectivity index (χ0n) is 8.25. The first kappa shape index (κ1) is 9.48. The van der Waals surface area contributed by atoms with Crippen LogP contribution in [0.5, 0.6) is 11.5 Å². The molecule has 0 amide bonds. The van der Waals surface area contributed by atoms with Crippen LogP contribution in [0.25, 0.3) is 0 Å². The van der Waals surface area contributed by atoms with Crippen LogP contribution in [-0.2, 0) is 0 Å². The molecule has 1 aromatic carbocycles. The molecule has 1 unspecified atom stereocenters. The predicted molar refractivity (Wildman–Crippen MR) is 60.2 cm³/mol. The Morgan fingerprint density at radius 1 is 1.27 bits per heavy atom. The second kappa shape index (κ2) is 3.68. The zero-order valence-corrected chi connectivity index (χ0v) is 9.84. The summed E-state index contributed by atoms with van der Waals surface area (Å²) in [6.07, 6.45) is 2.43. The lowest BCUT2D eigenvalue weighted by atomic mass is 10.0. The topological polar surface area (TPSA) is 30.5 Å². The molecule has 2 heterocycles. The summed E-state index contributed by atoms with van der Waals surface area (Å²) < 4.78 is 11.8. The number of benzene rings is 1. The minimum absolute atomic E-state index is 0.337. The maximum atomic E-state index is 5.38. The van der Waals surface area contributed by atoms with Crippen LogP contribution in [0.15, 0.2) is 16.6 Å². The van der Waals surface area contributed by atoms with Gasteiger partial charge in [-0.15, -0.1) is 0 Å². The van der Waals surface area contributed by atoms with Crippen LogP contribution in [-0.4, -0.2) is 13.3 Å². The number of hydrogen-bond donors (Lipinski definition) is 1. The Labute approximate surface area is 96.9 Å². The van der Waals surface area contributed by atoms with Gasteiger partial charge in [-0.3, -0.25) is 0 Å². The zero-order chi connectivity index (χ0) is 10.3. The number of fused-ring (bicyclic) bond motifs is 1. The maximum Gasteiger partial charge on any atom is 0.231 e. The van der Waals surface area contributed by atoms with E-state index in [2.05, 4.69) is 27.3 Å². The minimum Gasteiger partial charge on any atom is -0.454 e. The Hall–Kier alpha value is -0.740. The molecule has 0 aliphatic carbocycles. The molecule has 2 aliphatic rings. The Balaban J connectivity index is 2.00. The van der Waals surface area contributed by atoms with Crippen molar-refractivity contribution in [3.63, 3.8) is 0 Å². The molecule has 0 saturated carbocycles. The molecule has 0 aromatic heterocycles. The third-order valence-electron chi connectivity index (χ3n) is 2.93. The van der Waals surface area contributed by atoms with Gasteiger partial charge >= 0.3 is 0 Å². The van der Waals surface area contributed by atoms with Crippen LogP contribution in [0.2, 0.25) is 0 Å². The largest absolute Gasteiger partial charge is 0.454 e. The molecule has 3 nitrogen and oxygen atoms in total. The van der Waals surface area contributed by atoms with Crippen molar-refractivity contribution >= 4 is 15.9 Å². The number of hydrogen-bond acceptors (Lipinski definition) is 3. The van der Waals surface area contributed by atoms with E-state index in [1.54, 1.807) is 0 Å². The van der Waals surface area contributed by atoms with Gasteiger partial charge in [-0.1, -0.05) is 15.9 Å². The molecular weight excluding hydrogens is 258 g/mol. The molecule has 15 heavy (non-hydrogen) atoms. The van der Waals surface area contributed by atoms with Crippen molar-refractivity contribution in [2.75, 3.05) is 13.3 Å². The summed E-state index contributed by atoms with van der Waals surface area (Å²) in [7, 11) is 0. The highest BCUT2D eigenvalue weighted by atomic mass is 79.9. The fourth-order valence-electron chi connectivity index (χ4n) is 2.15. The van der Waals surface area contributed by atoms with Crippen LogP contribution >= 0.6 is 15.9 Å². The predicted octanol–water partition coefficient (Wildman–Crippen LogP) is 2.60. The lowest BCUT2D eigenvalue weighted by molar-refractivity contribution is 0.174. The summed E-state index contributed by atoms with van der Waals surface area (Å²) in [5.74, 6) is 1.70. The van der Waals surface area contributed by atoms with Crippen LogP contribution in [0, 0.1) is 0 Å². The molecule has 0 bridgehead atoms. The first-order valence-electron chi connectivity index (χ1n) is 5.17. The first-order chi connectivity index (χ1) is 7.34. The van der Waals surface area contributed by atoms with E-state index in [1.807, 2.05) is 6.07 Å². The third-order valence-corrected chi connectivity index (χ3v) is 3.61. The summed E-state index contributed by atoms with van der Waals surface area (Å²) in [5, 5.41) is 3.48. The van der Waals surface area contributed by atoms with E-state index in [1.165, 1.54) is 18.4 Å². The van der Waals surface area contributed by atoms with Crippen molar-refractivity contribution in [2.24, 2.45) is 0 Å².